The van der Waals surface area contributed by atoms with E-state index in [0.717, 1.165) is 11.3 Å². The molecule has 1 amide bonds. The van der Waals surface area contributed by atoms with Gasteiger partial charge >= 0.3 is 5.97 Å². The molecule has 1 saturated heterocycles. The third-order valence-corrected chi connectivity index (χ3v) is 6.40. The first-order valence-electron chi connectivity index (χ1n) is 10.3. The summed E-state index contributed by atoms with van der Waals surface area (Å²) in [4.78, 5) is 52.7. The number of amides is 1. The van der Waals surface area contributed by atoms with Gasteiger partial charge in [-0.05, 0) is 18.2 Å². The highest BCUT2D eigenvalue weighted by Crippen LogP contribution is 2.30. The summed E-state index contributed by atoms with van der Waals surface area (Å²) in [6, 6.07) is 8.18. The second-order valence-electron chi connectivity index (χ2n) is 7.43. The maximum atomic E-state index is 13.0. The zero-order valence-electron chi connectivity index (χ0n) is 18.4. The number of hydrogen-bond acceptors (Lipinski definition) is 10. The minimum Gasteiger partial charge on any atom is -0.468 e. The molecule has 0 aliphatic carbocycles. The van der Waals surface area contributed by atoms with E-state index < -0.39 is 21.7 Å². The lowest BCUT2D eigenvalue weighted by molar-refractivity contribution is -0.384. The highest BCUT2D eigenvalue weighted by molar-refractivity contribution is 7.16. The molecule has 4 rings (SSSR count). The van der Waals surface area contributed by atoms with Crippen molar-refractivity contribution in [2.45, 2.75) is 6.54 Å². The number of methoxy groups -OCH3 is 1. The van der Waals surface area contributed by atoms with Gasteiger partial charge in [0.1, 0.15) is 12.2 Å². The van der Waals surface area contributed by atoms with Crippen molar-refractivity contribution in [3.8, 4) is 0 Å². The Bertz CT molecular complexity index is 1410. The normalized spacial score (nSPS) is 14.2. The lowest BCUT2D eigenvalue weighted by atomic mass is 10.1. The van der Waals surface area contributed by atoms with Crippen molar-refractivity contribution in [3.63, 3.8) is 0 Å². The predicted octanol–water partition coefficient (Wildman–Crippen LogP) is 2.27. The quantitative estimate of drug-likeness (QED) is 0.280. The van der Waals surface area contributed by atoms with Crippen LogP contribution in [0.3, 0.4) is 0 Å². The Balaban J connectivity index is 1.78. The van der Waals surface area contributed by atoms with Gasteiger partial charge in [0, 0.05) is 36.9 Å². The Morgan fingerprint density at radius 2 is 1.86 bits per heavy atom. The van der Waals surface area contributed by atoms with Crippen LogP contribution in [-0.4, -0.2) is 59.7 Å². The first-order valence-corrected chi connectivity index (χ1v) is 11.1. The summed E-state index contributed by atoms with van der Waals surface area (Å²) in [5.74, 6) is -1.37. The standard InChI is InChI=1S/C21H19N5O8S/c1-33-19(27)12-24-16-5-3-14(25(29)30)11-18(16)35-21(24)22-20(28)13-2-4-15(17(10-13)26(31)32)23-6-8-34-9-7-23/h2-5,10-11H,6-9,12H2,1H3. The van der Waals surface area contributed by atoms with Gasteiger partial charge in [-0.2, -0.15) is 4.99 Å². The second kappa shape index (κ2) is 9.99. The van der Waals surface area contributed by atoms with Crippen LogP contribution in [0.5, 0.6) is 0 Å². The number of anilines is 1. The molecule has 1 aromatic heterocycles. The maximum Gasteiger partial charge on any atom is 0.325 e. The van der Waals surface area contributed by atoms with Gasteiger partial charge < -0.3 is 18.9 Å². The van der Waals surface area contributed by atoms with Gasteiger partial charge in [0.05, 0.1) is 40.4 Å². The van der Waals surface area contributed by atoms with Crippen molar-refractivity contribution < 1.29 is 28.9 Å². The Hall–Kier alpha value is -4.17. The molecular weight excluding hydrogens is 482 g/mol. The third-order valence-electron chi connectivity index (χ3n) is 5.36. The maximum absolute atomic E-state index is 13.0. The number of carbonyl (C=O) groups excluding carboxylic acids is 2. The van der Waals surface area contributed by atoms with Gasteiger partial charge in [0.15, 0.2) is 4.80 Å². The molecule has 0 bridgehead atoms. The number of fused-ring (bicyclic) bond motifs is 1. The number of nitro benzene ring substituents is 2. The SMILES string of the molecule is COC(=O)Cn1c(=NC(=O)c2ccc(N3CCOCC3)c([N+](=O)[O-])c2)sc2cc([N+](=O)[O-])ccc21. The lowest BCUT2D eigenvalue weighted by Gasteiger charge is -2.28. The fourth-order valence-corrected chi connectivity index (χ4v) is 4.69. The monoisotopic (exact) mass is 501 g/mol. The summed E-state index contributed by atoms with van der Waals surface area (Å²) in [6.45, 7) is 1.57. The van der Waals surface area contributed by atoms with Crippen molar-refractivity contribution in [2.75, 3.05) is 38.3 Å². The molecule has 0 radical (unpaired) electrons. The van der Waals surface area contributed by atoms with E-state index >= 15 is 0 Å². The Kier molecular flexibility index (Phi) is 6.84. The Morgan fingerprint density at radius 3 is 2.51 bits per heavy atom. The van der Waals surface area contributed by atoms with Crippen molar-refractivity contribution in [2.24, 2.45) is 4.99 Å². The fraction of sp³-hybridized carbons (Fsp3) is 0.286. The van der Waals surface area contributed by atoms with Crippen LogP contribution in [0.25, 0.3) is 10.2 Å². The van der Waals surface area contributed by atoms with Crippen LogP contribution in [-0.2, 0) is 20.8 Å². The van der Waals surface area contributed by atoms with Gasteiger partial charge in [-0.3, -0.25) is 29.8 Å². The molecule has 14 heteroatoms. The number of ether oxygens (including phenoxy) is 2. The number of morpholine rings is 1. The molecule has 3 aromatic rings. The van der Waals surface area contributed by atoms with Crippen LogP contribution in [0.15, 0.2) is 41.4 Å². The molecule has 0 N–H and O–H groups in total. The van der Waals surface area contributed by atoms with Crippen molar-refractivity contribution in [3.05, 3.63) is 67.0 Å². The number of nitro groups is 2. The zero-order chi connectivity index (χ0) is 25.1. The molecule has 35 heavy (non-hydrogen) atoms. The number of hydrogen-bond donors (Lipinski definition) is 0. The average Bonchev–Trinajstić information content (AvgIpc) is 3.19. The van der Waals surface area contributed by atoms with Crippen molar-refractivity contribution >= 4 is 50.5 Å². The number of thiazole rings is 1. The van der Waals surface area contributed by atoms with E-state index in [4.69, 9.17) is 9.47 Å². The minimum absolute atomic E-state index is 0.0123. The molecule has 1 fully saturated rings. The number of aromatic nitrogens is 1. The van der Waals surface area contributed by atoms with E-state index in [1.165, 1.54) is 48.1 Å². The van der Waals surface area contributed by atoms with Crippen LogP contribution in [0.2, 0.25) is 0 Å². The number of esters is 1. The third kappa shape index (κ3) is 5.02. The van der Waals surface area contributed by atoms with Crippen molar-refractivity contribution in [1.29, 1.82) is 0 Å². The minimum atomic E-state index is -0.763. The molecule has 0 unspecified atom stereocenters. The molecular formula is C21H19N5O8S. The van der Waals surface area contributed by atoms with Gasteiger partial charge in [-0.1, -0.05) is 11.3 Å². The first-order chi connectivity index (χ1) is 16.8. The van der Waals surface area contributed by atoms with E-state index in [9.17, 15) is 29.8 Å². The highest BCUT2D eigenvalue weighted by Gasteiger charge is 2.23. The molecule has 0 spiro atoms. The summed E-state index contributed by atoms with van der Waals surface area (Å²) >= 11 is 0.975. The van der Waals surface area contributed by atoms with Gasteiger partial charge in [0.2, 0.25) is 0 Å². The molecule has 182 valence electrons. The summed E-state index contributed by atoms with van der Waals surface area (Å²) < 4.78 is 11.8. The number of rotatable bonds is 6. The fourth-order valence-electron chi connectivity index (χ4n) is 3.63. The van der Waals surface area contributed by atoms with E-state index in [-0.39, 0.29) is 28.3 Å². The Labute approximate surface area is 201 Å². The van der Waals surface area contributed by atoms with Crippen LogP contribution in [0.1, 0.15) is 10.4 Å². The van der Waals surface area contributed by atoms with E-state index in [2.05, 4.69) is 4.99 Å². The smallest absolute Gasteiger partial charge is 0.325 e. The molecule has 13 nitrogen and oxygen atoms in total. The van der Waals surface area contributed by atoms with Crippen LogP contribution in [0.4, 0.5) is 17.1 Å². The van der Waals surface area contributed by atoms with Crippen LogP contribution in [0, 0.1) is 20.2 Å². The molecule has 0 atom stereocenters. The van der Waals surface area contributed by atoms with Crippen molar-refractivity contribution in [1.82, 2.24) is 4.57 Å². The Morgan fingerprint density at radius 1 is 1.11 bits per heavy atom. The number of non-ortho nitro benzene ring substituents is 1. The van der Waals surface area contributed by atoms with E-state index in [1.807, 2.05) is 4.90 Å². The summed E-state index contributed by atoms with van der Waals surface area (Å²) in [7, 11) is 1.21. The topological polar surface area (TPSA) is 159 Å². The molecule has 1 aliphatic heterocycles. The number of nitrogens with zero attached hydrogens (tertiary/aromatic N) is 5. The van der Waals surface area contributed by atoms with E-state index in [0.29, 0.717) is 42.2 Å². The first kappa shape index (κ1) is 24.0. The predicted molar refractivity (Wildman–Crippen MR) is 125 cm³/mol. The molecule has 0 saturated carbocycles. The average molecular weight is 501 g/mol. The molecule has 2 aromatic carbocycles. The molecule has 1 aliphatic rings. The summed E-state index contributed by atoms with van der Waals surface area (Å²) in [6.07, 6.45) is 0. The lowest BCUT2D eigenvalue weighted by Crippen LogP contribution is -2.36. The number of benzene rings is 2. The zero-order valence-corrected chi connectivity index (χ0v) is 19.2. The van der Waals surface area contributed by atoms with E-state index in [1.54, 1.807) is 0 Å². The summed E-state index contributed by atoms with van der Waals surface area (Å²) in [5.41, 5.74) is 0.427. The summed E-state index contributed by atoms with van der Waals surface area (Å²) in [5, 5.41) is 22.8. The van der Waals surface area contributed by atoms with Gasteiger partial charge in [-0.15, -0.1) is 0 Å². The molecule has 2 heterocycles. The number of carbonyl (C=O) groups is 2. The second-order valence-corrected chi connectivity index (χ2v) is 8.44. The van der Waals surface area contributed by atoms with Crippen LogP contribution >= 0.6 is 11.3 Å². The van der Waals surface area contributed by atoms with Crippen LogP contribution < -0.4 is 9.70 Å². The largest absolute Gasteiger partial charge is 0.468 e. The van der Waals surface area contributed by atoms with Gasteiger partial charge in [-0.25, -0.2) is 0 Å². The van der Waals surface area contributed by atoms with Gasteiger partial charge in [0.25, 0.3) is 17.3 Å². The highest BCUT2D eigenvalue weighted by atomic mass is 32.1.